The Bertz CT molecular complexity index is 216. The van der Waals surface area contributed by atoms with Crippen LogP contribution in [0.1, 0.15) is 33.1 Å². The summed E-state index contributed by atoms with van der Waals surface area (Å²) in [6.45, 7) is 6.86. The molecule has 0 amide bonds. The lowest BCUT2D eigenvalue weighted by atomic mass is 9.97. The summed E-state index contributed by atoms with van der Waals surface area (Å²) in [4.78, 5) is 1.95. The van der Waals surface area contributed by atoms with Crippen molar-refractivity contribution in [2.75, 3.05) is 26.2 Å². The number of piperidine rings is 1. The first kappa shape index (κ1) is 14.8. The second-order valence-electron chi connectivity index (χ2n) is 5.24. The molecule has 0 aromatic carbocycles. The number of hydrogen-bond acceptors (Lipinski definition) is 2. The van der Waals surface area contributed by atoms with Crippen molar-refractivity contribution in [3.8, 4) is 0 Å². The highest BCUT2D eigenvalue weighted by Gasteiger charge is 2.29. The molecule has 1 aliphatic heterocycles. The maximum atomic E-state index is 12.1. The third-order valence-corrected chi connectivity index (χ3v) is 3.13. The molecule has 0 aromatic rings. The molecular weight excluding hydrogens is 229 g/mol. The van der Waals surface area contributed by atoms with Crippen LogP contribution in [0, 0.1) is 5.92 Å². The van der Waals surface area contributed by atoms with Crippen molar-refractivity contribution >= 4 is 0 Å². The summed E-state index contributed by atoms with van der Waals surface area (Å²) in [6, 6.07) is 0.445. The molecule has 0 spiro atoms. The molecule has 0 aliphatic carbocycles. The minimum Gasteiger partial charge on any atom is -0.314 e. The van der Waals surface area contributed by atoms with E-state index in [4.69, 9.17) is 0 Å². The number of alkyl halides is 3. The fourth-order valence-electron chi connectivity index (χ4n) is 2.21. The first-order valence-corrected chi connectivity index (χ1v) is 6.39. The van der Waals surface area contributed by atoms with Crippen LogP contribution in [0.15, 0.2) is 0 Å². The third kappa shape index (κ3) is 6.88. The molecule has 1 unspecified atom stereocenters. The summed E-state index contributed by atoms with van der Waals surface area (Å²) >= 11 is 0. The molecule has 1 atom stereocenters. The van der Waals surface area contributed by atoms with Crippen molar-refractivity contribution in [2.45, 2.75) is 45.3 Å². The molecule has 1 N–H and O–H groups in total. The van der Waals surface area contributed by atoms with Crippen molar-refractivity contribution in [3.05, 3.63) is 0 Å². The van der Waals surface area contributed by atoms with Crippen molar-refractivity contribution in [3.63, 3.8) is 0 Å². The second-order valence-corrected chi connectivity index (χ2v) is 5.24. The van der Waals surface area contributed by atoms with Gasteiger partial charge in [0.05, 0.1) is 6.42 Å². The minimum atomic E-state index is -4.02. The van der Waals surface area contributed by atoms with Crippen LogP contribution in [0.3, 0.4) is 0 Å². The molecule has 1 saturated heterocycles. The Kier molecular flexibility index (Phi) is 5.73. The van der Waals surface area contributed by atoms with E-state index in [1.807, 2.05) is 4.90 Å². The van der Waals surface area contributed by atoms with Gasteiger partial charge in [0, 0.05) is 19.1 Å². The fourth-order valence-corrected chi connectivity index (χ4v) is 2.21. The second kappa shape index (κ2) is 6.59. The Hall–Kier alpha value is -0.290. The molecule has 0 saturated carbocycles. The molecule has 5 heteroatoms. The minimum absolute atomic E-state index is 0.154. The summed E-state index contributed by atoms with van der Waals surface area (Å²) in [5, 5.41) is 3.36. The maximum Gasteiger partial charge on any atom is 0.390 e. The predicted octanol–water partition coefficient (Wildman–Crippen LogP) is 2.65. The molecule has 1 aliphatic rings. The highest BCUT2D eigenvalue weighted by molar-refractivity contribution is 4.75. The lowest BCUT2D eigenvalue weighted by Crippen LogP contribution is -2.42. The van der Waals surface area contributed by atoms with E-state index in [-0.39, 0.29) is 6.54 Å². The van der Waals surface area contributed by atoms with Gasteiger partial charge in [-0.1, -0.05) is 13.8 Å². The Morgan fingerprint density at radius 3 is 2.65 bits per heavy atom. The van der Waals surface area contributed by atoms with Gasteiger partial charge in [-0.05, 0) is 31.8 Å². The van der Waals surface area contributed by atoms with E-state index in [1.54, 1.807) is 0 Å². The van der Waals surface area contributed by atoms with Gasteiger partial charge in [-0.15, -0.1) is 0 Å². The van der Waals surface area contributed by atoms with E-state index in [0.717, 1.165) is 32.5 Å². The van der Waals surface area contributed by atoms with Crippen LogP contribution in [0.25, 0.3) is 0 Å². The quantitative estimate of drug-likeness (QED) is 0.809. The molecule has 0 bridgehead atoms. The molecule has 1 fully saturated rings. The van der Waals surface area contributed by atoms with Crippen molar-refractivity contribution in [2.24, 2.45) is 5.92 Å². The van der Waals surface area contributed by atoms with Gasteiger partial charge in [-0.3, -0.25) is 0 Å². The summed E-state index contributed by atoms with van der Waals surface area (Å²) in [5.41, 5.74) is 0. The predicted molar refractivity (Wildman–Crippen MR) is 63.0 cm³/mol. The van der Waals surface area contributed by atoms with Gasteiger partial charge >= 0.3 is 6.18 Å². The van der Waals surface area contributed by atoms with Gasteiger partial charge in [-0.2, -0.15) is 13.2 Å². The fraction of sp³-hybridized carbons (Fsp3) is 1.00. The Morgan fingerprint density at radius 2 is 2.06 bits per heavy atom. The average Bonchev–Trinajstić information content (AvgIpc) is 2.23. The van der Waals surface area contributed by atoms with Crippen LogP contribution in [0.4, 0.5) is 13.2 Å². The SMILES string of the molecule is CC(C)NCC1CCCN(CCC(F)(F)F)C1. The highest BCUT2D eigenvalue weighted by atomic mass is 19.4. The molecule has 0 radical (unpaired) electrons. The van der Waals surface area contributed by atoms with E-state index in [9.17, 15) is 13.2 Å². The van der Waals surface area contributed by atoms with Crippen LogP contribution < -0.4 is 5.32 Å². The number of nitrogens with one attached hydrogen (secondary N) is 1. The van der Waals surface area contributed by atoms with Crippen LogP contribution >= 0.6 is 0 Å². The van der Waals surface area contributed by atoms with Crippen molar-refractivity contribution in [1.29, 1.82) is 0 Å². The zero-order valence-corrected chi connectivity index (χ0v) is 10.7. The largest absolute Gasteiger partial charge is 0.390 e. The highest BCUT2D eigenvalue weighted by Crippen LogP contribution is 2.22. The van der Waals surface area contributed by atoms with Crippen LogP contribution in [-0.2, 0) is 0 Å². The lowest BCUT2D eigenvalue weighted by molar-refractivity contribution is -0.138. The first-order valence-electron chi connectivity index (χ1n) is 6.39. The Morgan fingerprint density at radius 1 is 1.35 bits per heavy atom. The Balaban J connectivity index is 2.24. The molecule has 17 heavy (non-hydrogen) atoms. The summed E-state index contributed by atoms with van der Waals surface area (Å²) in [5.74, 6) is 0.499. The van der Waals surface area contributed by atoms with E-state index >= 15 is 0 Å². The molecule has 1 heterocycles. The standard InChI is InChI=1S/C12H23F3N2/c1-10(2)16-8-11-4-3-6-17(9-11)7-5-12(13,14)15/h10-11,16H,3-9H2,1-2H3. The van der Waals surface area contributed by atoms with Gasteiger partial charge in [0.15, 0.2) is 0 Å². The normalized spacial score (nSPS) is 23.3. The number of hydrogen-bond donors (Lipinski definition) is 1. The topological polar surface area (TPSA) is 15.3 Å². The van der Waals surface area contributed by atoms with Gasteiger partial charge in [0.2, 0.25) is 0 Å². The third-order valence-electron chi connectivity index (χ3n) is 3.13. The zero-order valence-electron chi connectivity index (χ0n) is 10.7. The summed E-state index contributed by atoms with van der Waals surface area (Å²) in [7, 11) is 0. The molecular formula is C12H23F3N2. The van der Waals surface area contributed by atoms with Crippen LogP contribution in [0.2, 0.25) is 0 Å². The number of halogens is 3. The van der Waals surface area contributed by atoms with Crippen molar-refractivity contribution < 1.29 is 13.2 Å². The molecule has 1 rings (SSSR count). The summed E-state index contributed by atoms with van der Waals surface area (Å²) < 4.78 is 36.4. The zero-order chi connectivity index (χ0) is 12.9. The van der Waals surface area contributed by atoms with E-state index < -0.39 is 12.6 Å². The van der Waals surface area contributed by atoms with E-state index in [2.05, 4.69) is 19.2 Å². The van der Waals surface area contributed by atoms with Crippen LogP contribution in [-0.4, -0.2) is 43.3 Å². The molecule has 2 nitrogen and oxygen atoms in total. The smallest absolute Gasteiger partial charge is 0.314 e. The molecule has 102 valence electrons. The number of rotatable bonds is 5. The lowest BCUT2D eigenvalue weighted by Gasteiger charge is -2.33. The maximum absolute atomic E-state index is 12.1. The van der Waals surface area contributed by atoms with Gasteiger partial charge in [0.1, 0.15) is 0 Å². The number of nitrogens with zero attached hydrogens (tertiary/aromatic N) is 1. The van der Waals surface area contributed by atoms with Crippen LogP contribution in [0.5, 0.6) is 0 Å². The summed E-state index contributed by atoms with van der Waals surface area (Å²) in [6.07, 6.45) is -2.56. The van der Waals surface area contributed by atoms with Gasteiger partial charge in [-0.25, -0.2) is 0 Å². The van der Waals surface area contributed by atoms with Gasteiger partial charge < -0.3 is 10.2 Å². The molecule has 0 aromatic heterocycles. The number of likely N-dealkylation sites (tertiary alicyclic amines) is 1. The monoisotopic (exact) mass is 252 g/mol. The van der Waals surface area contributed by atoms with E-state index in [1.165, 1.54) is 0 Å². The van der Waals surface area contributed by atoms with Crippen molar-refractivity contribution in [1.82, 2.24) is 10.2 Å². The average molecular weight is 252 g/mol. The first-order chi connectivity index (χ1) is 7.87. The van der Waals surface area contributed by atoms with Gasteiger partial charge in [0.25, 0.3) is 0 Å². The Labute approximate surface area is 102 Å². The van der Waals surface area contributed by atoms with E-state index in [0.29, 0.717) is 12.0 Å².